The Hall–Kier alpha value is -0.830. The summed E-state index contributed by atoms with van der Waals surface area (Å²) < 4.78 is 59.1. The quantitative estimate of drug-likeness (QED) is 0.703. The average Bonchev–Trinajstić information content (AvgIpc) is 2.21. The van der Waals surface area contributed by atoms with Gasteiger partial charge in [0.25, 0.3) is 0 Å². The fourth-order valence-electron chi connectivity index (χ4n) is 1.13. The van der Waals surface area contributed by atoms with Crippen LogP contribution in [0.5, 0.6) is 0 Å². The van der Waals surface area contributed by atoms with E-state index in [1.54, 1.807) is 0 Å². The van der Waals surface area contributed by atoms with Crippen LogP contribution in [0.3, 0.4) is 0 Å². The summed E-state index contributed by atoms with van der Waals surface area (Å²) in [6.07, 6.45) is -5.78. The standard InChI is InChI=1S/C9H17F3N2O3S/c1-3-18(16,17)14(2)6-4-5-13-8(15)7-9(10,11)12/h3-7H2,1-2H3,(H,13,15). The van der Waals surface area contributed by atoms with Crippen molar-refractivity contribution in [1.29, 1.82) is 0 Å². The average molecular weight is 290 g/mol. The number of nitrogens with one attached hydrogen (secondary N) is 1. The van der Waals surface area contributed by atoms with Crippen LogP contribution in [-0.2, 0) is 14.8 Å². The van der Waals surface area contributed by atoms with E-state index in [1.165, 1.54) is 14.0 Å². The van der Waals surface area contributed by atoms with Crippen LogP contribution >= 0.6 is 0 Å². The van der Waals surface area contributed by atoms with Crippen LogP contribution in [0.15, 0.2) is 0 Å². The van der Waals surface area contributed by atoms with E-state index in [-0.39, 0.29) is 25.3 Å². The van der Waals surface area contributed by atoms with Gasteiger partial charge in [-0.15, -0.1) is 0 Å². The second-order valence-electron chi connectivity index (χ2n) is 3.72. The zero-order valence-corrected chi connectivity index (χ0v) is 11.1. The van der Waals surface area contributed by atoms with Gasteiger partial charge >= 0.3 is 6.18 Å². The zero-order chi connectivity index (χ0) is 14.4. The molecule has 1 amide bonds. The third kappa shape index (κ3) is 7.49. The van der Waals surface area contributed by atoms with E-state index in [2.05, 4.69) is 5.32 Å². The Labute approximate surface area is 104 Å². The van der Waals surface area contributed by atoms with Crippen LogP contribution in [0.1, 0.15) is 19.8 Å². The summed E-state index contributed by atoms with van der Waals surface area (Å²) >= 11 is 0. The smallest absolute Gasteiger partial charge is 0.356 e. The van der Waals surface area contributed by atoms with Gasteiger partial charge in [-0.25, -0.2) is 12.7 Å². The molecule has 0 atom stereocenters. The molecule has 0 aromatic carbocycles. The summed E-state index contributed by atoms with van der Waals surface area (Å²) in [6, 6.07) is 0. The lowest BCUT2D eigenvalue weighted by Gasteiger charge is -2.15. The molecule has 1 N–H and O–H groups in total. The number of carbonyl (C=O) groups is 1. The number of halogens is 3. The maximum Gasteiger partial charge on any atom is 0.397 e. The minimum atomic E-state index is -4.52. The number of nitrogens with zero attached hydrogens (tertiary/aromatic N) is 1. The maximum atomic E-state index is 11.8. The van der Waals surface area contributed by atoms with Crippen molar-refractivity contribution in [2.24, 2.45) is 0 Å². The molecule has 0 saturated heterocycles. The fourth-order valence-corrected chi connectivity index (χ4v) is 1.98. The highest BCUT2D eigenvalue weighted by molar-refractivity contribution is 7.89. The first kappa shape index (κ1) is 17.2. The summed E-state index contributed by atoms with van der Waals surface area (Å²) in [4.78, 5) is 10.8. The van der Waals surface area contributed by atoms with Gasteiger partial charge in [-0.05, 0) is 13.3 Å². The van der Waals surface area contributed by atoms with Crippen LogP contribution < -0.4 is 5.32 Å². The van der Waals surface area contributed by atoms with Crippen LogP contribution in [-0.4, -0.2) is 50.7 Å². The highest BCUT2D eigenvalue weighted by Crippen LogP contribution is 2.18. The van der Waals surface area contributed by atoms with Gasteiger partial charge in [0.15, 0.2) is 0 Å². The van der Waals surface area contributed by atoms with Crippen molar-refractivity contribution < 1.29 is 26.4 Å². The molecule has 0 aromatic heterocycles. The molecule has 18 heavy (non-hydrogen) atoms. The largest absolute Gasteiger partial charge is 0.397 e. The van der Waals surface area contributed by atoms with Crippen molar-refractivity contribution in [1.82, 2.24) is 9.62 Å². The normalized spacial score (nSPS) is 12.8. The molecule has 0 aliphatic heterocycles. The van der Waals surface area contributed by atoms with Crippen molar-refractivity contribution in [2.75, 3.05) is 25.9 Å². The number of hydrogen-bond donors (Lipinski definition) is 1. The van der Waals surface area contributed by atoms with Crippen molar-refractivity contribution >= 4 is 15.9 Å². The first-order chi connectivity index (χ1) is 8.08. The molecule has 0 saturated carbocycles. The van der Waals surface area contributed by atoms with Gasteiger partial charge in [0, 0.05) is 20.1 Å². The molecule has 0 bridgehead atoms. The molecule has 0 aliphatic carbocycles. The minimum Gasteiger partial charge on any atom is -0.356 e. The number of rotatable bonds is 7. The number of sulfonamides is 1. The van der Waals surface area contributed by atoms with Crippen LogP contribution in [0.25, 0.3) is 0 Å². The van der Waals surface area contributed by atoms with Gasteiger partial charge in [-0.2, -0.15) is 13.2 Å². The molecule has 0 unspecified atom stereocenters. The lowest BCUT2D eigenvalue weighted by atomic mass is 10.3. The molecule has 9 heteroatoms. The monoisotopic (exact) mass is 290 g/mol. The van der Waals surface area contributed by atoms with E-state index in [1.807, 2.05) is 0 Å². The fraction of sp³-hybridized carbons (Fsp3) is 0.889. The summed E-state index contributed by atoms with van der Waals surface area (Å²) in [7, 11) is -1.90. The second-order valence-corrected chi connectivity index (χ2v) is 6.08. The molecule has 0 spiro atoms. The Morgan fingerprint density at radius 1 is 1.33 bits per heavy atom. The molecule has 0 heterocycles. The highest BCUT2D eigenvalue weighted by atomic mass is 32.2. The van der Waals surface area contributed by atoms with E-state index in [9.17, 15) is 26.4 Å². The molecular weight excluding hydrogens is 273 g/mol. The van der Waals surface area contributed by atoms with E-state index in [0.29, 0.717) is 0 Å². The zero-order valence-electron chi connectivity index (χ0n) is 10.2. The Bertz CT molecular complexity index is 368. The number of alkyl halides is 3. The summed E-state index contributed by atoms with van der Waals surface area (Å²) in [5, 5.41) is 2.08. The Morgan fingerprint density at radius 2 is 1.89 bits per heavy atom. The molecule has 0 radical (unpaired) electrons. The Morgan fingerprint density at radius 3 is 2.33 bits per heavy atom. The molecule has 0 fully saturated rings. The van der Waals surface area contributed by atoms with Gasteiger partial charge in [0.2, 0.25) is 15.9 Å². The van der Waals surface area contributed by atoms with E-state index >= 15 is 0 Å². The Kier molecular flexibility index (Phi) is 6.61. The lowest BCUT2D eigenvalue weighted by Crippen LogP contribution is -2.33. The number of hydrogen-bond acceptors (Lipinski definition) is 3. The van der Waals surface area contributed by atoms with E-state index in [4.69, 9.17) is 0 Å². The van der Waals surface area contributed by atoms with Crippen molar-refractivity contribution in [3.8, 4) is 0 Å². The summed E-state index contributed by atoms with van der Waals surface area (Å²) in [5.41, 5.74) is 0. The predicted octanol–water partition coefficient (Wildman–Crippen LogP) is 0.727. The van der Waals surface area contributed by atoms with Gasteiger partial charge in [-0.3, -0.25) is 4.79 Å². The predicted molar refractivity (Wildman–Crippen MR) is 60.4 cm³/mol. The third-order valence-corrected chi connectivity index (χ3v) is 4.03. The third-order valence-electron chi connectivity index (χ3n) is 2.17. The van der Waals surface area contributed by atoms with Crippen molar-refractivity contribution in [3.05, 3.63) is 0 Å². The summed E-state index contributed by atoms with van der Waals surface area (Å²) in [6.45, 7) is 1.66. The molecular formula is C9H17F3N2O3S. The van der Waals surface area contributed by atoms with Gasteiger partial charge in [-0.1, -0.05) is 0 Å². The van der Waals surface area contributed by atoms with Crippen LogP contribution in [0, 0.1) is 0 Å². The molecule has 0 aromatic rings. The summed E-state index contributed by atoms with van der Waals surface area (Å²) in [5.74, 6) is -1.15. The number of amides is 1. The minimum absolute atomic E-state index is 0.0124. The molecule has 5 nitrogen and oxygen atoms in total. The van der Waals surface area contributed by atoms with Gasteiger partial charge < -0.3 is 5.32 Å². The first-order valence-corrected chi connectivity index (χ1v) is 6.97. The maximum absolute atomic E-state index is 11.8. The lowest BCUT2D eigenvalue weighted by molar-refractivity contribution is -0.153. The van der Waals surface area contributed by atoms with Crippen LogP contribution in [0.2, 0.25) is 0 Å². The van der Waals surface area contributed by atoms with Gasteiger partial charge in [0.05, 0.1) is 5.75 Å². The second kappa shape index (κ2) is 6.93. The van der Waals surface area contributed by atoms with Crippen molar-refractivity contribution in [2.45, 2.75) is 25.9 Å². The Balaban J connectivity index is 3.85. The molecule has 0 aliphatic rings. The number of carbonyl (C=O) groups excluding carboxylic acids is 1. The van der Waals surface area contributed by atoms with Gasteiger partial charge in [0.1, 0.15) is 6.42 Å². The topological polar surface area (TPSA) is 66.5 Å². The molecule has 108 valence electrons. The first-order valence-electron chi connectivity index (χ1n) is 5.36. The SMILES string of the molecule is CCS(=O)(=O)N(C)CCCNC(=O)CC(F)(F)F. The van der Waals surface area contributed by atoms with Crippen molar-refractivity contribution in [3.63, 3.8) is 0 Å². The van der Waals surface area contributed by atoms with E-state index in [0.717, 1.165) is 4.31 Å². The van der Waals surface area contributed by atoms with E-state index < -0.39 is 28.5 Å². The van der Waals surface area contributed by atoms with Crippen LogP contribution in [0.4, 0.5) is 13.2 Å². The molecule has 0 rings (SSSR count). The highest BCUT2D eigenvalue weighted by Gasteiger charge is 2.30.